The summed E-state index contributed by atoms with van der Waals surface area (Å²) >= 11 is 0. The van der Waals surface area contributed by atoms with Crippen molar-refractivity contribution in [3.63, 3.8) is 0 Å². The zero-order chi connectivity index (χ0) is 14.6. The zero-order valence-electron chi connectivity index (χ0n) is 11.5. The Morgan fingerprint density at radius 1 is 1.30 bits per heavy atom. The minimum atomic E-state index is -0.853. The number of carbonyl (C=O) groups excluding carboxylic acids is 1. The van der Waals surface area contributed by atoms with Crippen LogP contribution in [0.4, 0.5) is 10.1 Å². The van der Waals surface area contributed by atoms with Gasteiger partial charge in [-0.05, 0) is 25.0 Å². The van der Waals surface area contributed by atoms with Crippen LogP contribution in [-0.2, 0) is 0 Å². The smallest absolute Gasteiger partial charge is 0.253 e. The first-order valence-electron chi connectivity index (χ1n) is 7.06. The number of halogens is 1. The number of hydrogen-bond acceptors (Lipinski definition) is 3. The Kier molecular flexibility index (Phi) is 4.60. The van der Waals surface area contributed by atoms with Crippen molar-refractivity contribution >= 4 is 11.6 Å². The topological polar surface area (TPSA) is 75.4 Å². The van der Waals surface area contributed by atoms with Gasteiger partial charge in [-0.2, -0.15) is 0 Å². The molecule has 0 unspecified atom stereocenters. The van der Waals surface area contributed by atoms with E-state index in [0.717, 1.165) is 25.7 Å². The molecule has 20 heavy (non-hydrogen) atoms. The first kappa shape index (κ1) is 14.8. The molecule has 0 heterocycles. The van der Waals surface area contributed by atoms with Crippen molar-refractivity contribution in [3.8, 4) is 0 Å². The molecule has 0 radical (unpaired) electrons. The summed E-state index contributed by atoms with van der Waals surface area (Å²) in [6, 6.07) is 4.14. The van der Waals surface area contributed by atoms with Crippen molar-refractivity contribution < 1.29 is 14.3 Å². The average molecular weight is 280 g/mol. The number of nitrogens with two attached hydrogens (primary N) is 1. The fraction of sp³-hybridized carbons (Fsp3) is 0.533. The molecule has 0 spiro atoms. The van der Waals surface area contributed by atoms with Crippen molar-refractivity contribution in [1.82, 2.24) is 5.32 Å². The van der Waals surface area contributed by atoms with E-state index in [1.807, 2.05) is 0 Å². The van der Waals surface area contributed by atoms with Gasteiger partial charge in [0, 0.05) is 6.54 Å². The number of rotatable bonds is 3. The summed E-state index contributed by atoms with van der Waals surface area (Å²) in [5, 5.41) is 13.1. The average Bonchev–Trinajstić information content (AvgIpc) is 2.65. The molecule has 1 aliphatic rings. The fourth-order valence-electron chi connectivity index (χ4n) is 2.64. The van der Waals surface area contributed by atoms with E-state index in [1.54, 1.807) is 0 Å². The van der Waals surface area contributed by atoms with Crippen LogP contribution >= 0.6 is 0 Å². The molecule has 4 N–H and O–H groups in total. The van der Waals surface area contributed by atoms with Gasteiger partial charge in [-0.15, -0.1) is 0 Å². The summed E-state index contributed by atoms with van der Waals surface area (Å²) in [4.78, 5) is 12.0. The highest BCUT2D eigenvalue weighted by atomic mass is 19.1. The third kappa shape index (κ3) is 3.48. The summed E-state index contributed by atoms with van der Waals surface area (Å²) in [6.45, 7) is 0.182. The number of anilines is 1. The minimum absolute atomic E-state index is 0.113. The quantitative estimate of drug-likeness (QED) is 0.587. The summed E-state index contributed by atoms with van der Waals surface area (Å²) < 4.78 is 13.3. The van der Waals surface area contributed by atoms with Crippen LogP contribution in [0.5, 0.6) is 0 Å². The molecule has 1 fully saturated rings. The van der Waals surface area contributed by atoms with Gasteiger partial charge in [0.25, 0.3) is 5.91 Å². The lowest BCUT2D eigenvalue weighted by Gasteiger charge is -2.26. The molecular weight excluding hydrogens is 259 g/mol. The summed E-state index contributed by atoms with van der Waals surface area (Å²) in [5.41, 5.74) is 4.66. The van der Waals surface area contributed by atoms with Crippen molar-refractivity contribution in [3.05, 3.63) is 29.6 Å². The van der Waals surface area contributed by atoms with Gasteiger partial charge in [-0.25, -0.2) is 4.39 Å². The largest absolute Gasteiger partial charge is 0.396 e. The summed E-state index contributed by atoms with van der Waals surface area (Å²) in [6.07, 6.45) is 5.54. The predicted octanol–water partition coefficient (Wildman–Crippen LogP) is 2.22. The third-order valence-electron chi connectivity index (χ3n) is 3.91. The standard InChI is InChI=1S/C15H21FN2O2/c16-12-7-5-6-11(13(12)17)14(19)18-10-15(20)8-3-1-2-4-9-15/h5-7,20H,1-4,8-10,17H2,(H,18,19). The first-order chi connectivity index (χ1) is 9.52. The maximum absolute atomic E-state index is 13.3. The van der Waals surface area contributed by atoms with E-state index in [1.165, 1.54) is 18.2 Å². The van der Waals surface area contributed by atoms with Crippen LogP contribution in [-0.4, -0.2) is 23.2 Å². The lowest BCUT2D eigenvalue weighted by atomic mass is 9.94. The zero-order valence-corrected chi connectivity index (χ0v) is 11.5. The third-order valence-corrected chi connectivity index (χ3v) is 3.91. The second kappa shape index (κ2) is 6.22. The Morgan fingerprint density at radius 3 is 2.60 bits per heavy atom. The molecule has 4 nitrogen and oxygen atoms in total. The highest BCUT2D eigenvalue weighted by molar-refractivity contribution is 5.99. The summed E-state index contributed by atoms with van der Waals surface area (Å²) in [7, 11) is 0. The SMILES string of the molecule is Nc1c(F)cccc1C(=O)NCC1(O)CCCCCC1. The molecule has 2 rings (SSSR count). The van der Waals surface area contributed by atoms with Crippen LogP contribution in [0.1, 0.15) is 48.9 Å². The van der Waals surface area contributed by atoms with E-state index in [2.05, 4.69) is 5.32 Å². The van der Waals surface area contributed by atoms with Crippen LogP contribution in [0.15, 0.2) is 18.2 Å². The Labute approximate surface area is 118 Å². The number of hydrogen-bond donors (Lipinski definition) is 3. The van der Waals surface area contributed by atoms with Crippen molar-refractivity contribution in [2.75, 3.05) is 12.3 Å². The number of carbonyl (C=O) groups is 1. The Morgan fingerprint density at radius 2 is 1.95 bits per heavy atom. The van der Waals surface area contributed by atoms with Gasteiger partial charge >= 0.3 is 0 Å². The Balaban J connectivity index is 1.99. The van der Waals surface area contributed by atoms with Gasteiger partial charge in [-0.3, -0.25) is 4.79 Å². The predicted molar refractivity (Wildman–Crippen MR) is 75.8 cm³/mol. The van der Waals surface area contributed by atoms with Crippen LogP contribution < -0.4 is 11.1 Å². The molecule has 0 bridgehead atoms. The molecule has 0 aliphatic heterocycles. The van der Waals surface area contributed by atoms with E-state index in [4.69, 9.17) is 5.73 Å². The van der Waals surface area contributed by atoms with Gasteiger partial charge in [0.15, 0.2) is 0 Å². The number of nitrogens with one attached hydrogen (secondary N) is 1. The van der Waals surface area contributed by atoms with Gasteiger partial charge < -0.3 is 16.2 Å². The number of benzene rings is 1. The minimum Gasteiger partial charge on any atom is -0.396 e. The number of nitrogen functional groups attached to an aromatic ring is 1. The molecule has 0 atom stereocenters. The molecule has 5 heteroatoms. The second-order valence-electron chi connectivity index (χ2n) is 5.52. The first-order valence-corrected chi connectivity index (χ1v) is 7.06. The van der Waals surface area contributed by atoms with Gasteiger partial charge in [-0.1, -0.05) is 31.7 Å². The molecule has 1 aromatic carbocycles. The Hall–Kier alpha value is -1.62. The molecule has 0 saturated heterocycles. The van der Waals surface area contributed by atoms with Crippen molar-refractivity contribution in [1.29, 1.82) is 0 Å². The van der Waals surface area contributed by atoms with E-state index in [0.29, 0.717) is 12.8 Å². The maximum Gasteiger partial charge on any atom is 0.253 e. The van der Waals surface area contributed by atoms with Crippen LogP contribution in [0, 0.1) is 5.82 Å². The molecule has 110 valence electrons. The van der Waals surface area contributed by atoms with Gasteiger partial charge in [0.1, 0.15) is 5.82 Å². The molecule has 1 aliphatic carbocycles. The lowest BCUT2D eigenvalue weighted by molar-refractivity contribution is 0.0246. The number of para-hydroxylation sites is 1. The monoisotopic (exact) mass is 280 g/mol. The normalized spacial score (nSPS) is 18.3. The van der Waals surface area contributed by atoms with Crippen LogP contribution in [0.25, 0.3) is 0 Å². The van der Waals surface area contributed by atoms with Crippen LogP contribution in [0.2, 0.25) is 0 Å². The number of amides is 1. The molecule has 1 amide bonds. The maximum atomic E-state index is 13.3. The van der Waals surface area contributed by atoms with Gasteiger partial charge in [0.2, 0.25) is 0 Å². The highest BCUT2D eigenvalue weighted by Gasteiger charge is 2.28. The highest BCUT2D eigenvalue weighted by Crippen LogP contribution is 2.26. The number of aliphatic hydroxyl groups is 1. The van der Waals surface area contributed by atoms with Crippen molar-refractivity contribution in [2.24, 2.45) is 0 Å². The van der Waals surface area contributed by atoms with Gasteiger partial charge in [0.05, 0.1) is 16.9 Å². The molecular formula is C15H21FN2O2. The van der Waals surface area contributed by atoms with E-state index in [-0.39, 0.29) is 17.8 Å². The summed E-state index contributed by atoms with van der Waals surface area (Å²) in [5.74, 6) is -1.05. The fourth-order valence-corrected chi connectivity index (χ4v) is 2.64. The molecule has 1 aromatic rings. The molecule has 0 aromatic heterocycles. The van der Waals surface area contributed by atoms with E-state index < -0.39 is 17.3 Å². The van der Waals surface area contributed by atoms with Crippen LogP contribution in [0.3, 0.4) is 0 Å². The Bertz CT molecular complexity index is 483. The van der Waals surface area contributed by atoms with E-state index in [9.17, 15) is 14.3 Å². The molecule has 1 saturated carbocycles. The second-order valence-corrected chi connectivity index (χ2v) is 5.52. The lowest BCUT2D eigenvalue weighted by Crippen LogP contribution is -2.42. The van der Waals surface area contributed by atoms with E-state index >= 15 is 0 Å². The van der Waals surface area contributed by atoms with Crippen molar-refractivity contribution in [2.45, 2.75) is 44.1 Å².